The van der Waals surface area contributed by atoms with Gasteiger partial charge in [-0.15, -0.1) is 0 Å². The summed E-state index contributed by atoms with van der Waals surface area (Å²) in [4.78, 5) is 43.9. The Morgan fingerprint density at radius 3 is 2.34 bits per heavy atom. The maximum Gasteiger partial charge on any atom is 0.322 e. The number of nitrogens with one attached hydrogen (secondary N) is 1. The summed E-state index contributed by atoms with van der Waals surface area (Å²) >= 11 is 0. The second kappa shape index (κ2) is 9.93. The maximum atomic E-state index is 13.6. The lowest BCUT2D eigenvalue weighted by atomic mass is 10.1. The van der Waals surface area contributed by atoms with Crippen LogP contribution in [0.1, 0.15) is 32.9 Å². The lowest BCUT2D eigenvalue weighted by Crippen LogP contribution is -2.50. The van der Waals surface area contributed by atoms with E-state index in [1.807, 2.05) is 13.8 Å². The first kappa shape index (κ1) is 26.0. The van der Waals surface area contributed by atoms with Crippen LogP contribution in [0.2, 0.25) is 0 Å². The first-order chi connectivity index (χ1) is 18.0. The van der Waals surface area contributed by atoms with Gasteiger partial charge in [-0.1, -0.05) is 0 Å². The molecule has 2 saturated heterocycles. The van der Waals surface area contributed by atoms with E-state index in [1.54, 1.807) is 22.7 Å². The minimum Gasteiger partial charge on any atom is -0.372 e. The van der Waals surface area contributed by atoms with E-state index in [-0.39, 0.29) is 55.3 Å². The van der Waals surface area contributed by atoms with E-state index in [0.717, 1.165) is 0 Å². The molecule has 0 saturated carbocycles. The van der Waals surface area contributed by atoms with Crippen molar-refractivity contribution in [1.82, 2.24) is 19.6 Å². The van der Waals surface area contributed by atoms with Crippen LogP contribution in [-0.4, -0.2) is 75.3 Å². The SMILES string of the molecule is C[C@H]1CN(C(=O)C2CC(=O)N(c3cnn4c3CN(C(=O)Nc3cc(F)c(F)c(F)c3)[C@@H](C)C4)C2)C[C@H](C)O1. The molecule has 0 bridgehead atoms. The summed E-state index contributed by atoms with van der Waals surface area (Å²) in [6.45, 7) is 7.14. The van der Waals surface area contributed by atoms with Crippen LogP contribution in [0.4, 0.5) is 29.3 Å². The van der Waals surface area contributed by atoms with Crippen molar-refractivity contribution in [2.75, 3.05) is 29.9 Å². The van der Waals surface area contributed by atoms with Crippen molar-refractivity contribution in [3.05, 3.63) is 41.5 Å². The number of benzene rings is 1. The van der Waals surface area contributed by atoms with Gasteiger partial charge in [0.05, 0.1) is 54.8 Å². The van der Waals surface area contributed by atoms with Crippen molar-refractivity contribution in [3.8, 4) is 0 Å². The Labute approximate surface area is 217 Å². The lowest BCUT2D eigenvalue weighted by molar-refractivity contribution is -0.147. The number of fused-ring (bicyclic) bond motifs is 1. The van der Waals surface area contributed by atoms with Crippen LogP contribution in [0.3, 0.4) is 0 Å². The molecule has 0 aliphatic carbocycles. The first-order valence-electron chi connectivity index (χ1n) is 12.5. The van der Waals surface area contributed by atoms with Gasteiger partial charge < -0.3 is 24.8 Å². The third-order valence-corrected chi connectivity index (χ3v) is 7.21. The number of carbonyl (C=O) groups is 3. The average molecular weight is 535 g/mol. The fourth-order valence-corrected chi connectivity index (χ4v) is 5.43. The van der Waals surface area contributed by atoms with Crippen LogP contribution in [0.5, 0.6) is 0 Å². The van der Waals surface area contributed by atoms with E-state index in [2.05, 4.69) is 10.4 Å². The second-order valence-electron chi connectivity index (χ2n) is 10.2. The largest absolute Gasteiger partial charge is 0.372 e. The second-order valence-corrected chi connectivity index (χ2v) is 10.2. The molecule has 1 aromatic carbocycles. The van der Waals surface area contributed by atoms with Crippen molar-refractivity contribution in [2.24, 2.45) is 5.92 Å². The molecule has 5 rings (SSSR count). The number of amides is 4. The smallest absolute Gasteiger partial charge is 0.322 e. The van der Waals surface area contributed by atoms with E-state index >= 15 is 0 Å². The fourth-order valence-electron chi connectivity index (χ4n) is 5.43. The van der Waals surface area contributed by atoms with E-state index < -0.39 is 29.4 Å². The number of aromatic nitrogens is 2. The standard InChI is InChI=1S/C25H29F3N6O4/c1-13-8-34-21(12-32(13)25(37)30-17-5-18(26)23(28)19(27)6-17)20(7-29-34)33-11-16(4-22(33)35)24(36)31-9-14(2)38-15(3)10-31/h5-7,13-16H,4,8-12H2,1-3H3,(H,30,37)/t13-,14-,15-,16?/m0/s1. The van der Waals surface area contributed by atoms with Gasteiger partial charge in [-0.05, 0) is 20.8 Å². The number of morpholine rings is 1. The molecule has 2 fully saturated rings. The molecule has 38 heavy (non-hydrogen) atoms. The summed E-state index contributed by atoms with van der Waals surface area (Å²) in [5.74, 6) is -5.24. The maximum absolute atomic E-state index is 13.6. The van der Waals surface area contributed by atoms with Crippen molar-refractivity contribution in [2.45, 2.75) is 58.5 Å². The average Bonchev–Trinajstić information content (AvgIpc) is 3.43. The Kier molecular flexibility index (Phi) is 6.80. The number of carbonyl (C=O) groups excluding carboxylic acids is 3. The first-order valence-corrected chi connectivity index (χ1v) is 12.5. The van der Waals surface area contributed by atoms with E-state index in [4.69, 9.17) is 4.74 Å². The zero-order valence-electron chi connectivity index (χ0n) is 21.3. The van der Waals surface area contributed by atoms with E-state index in [1.165, 1.54) is 9.80 Å². The zero-order valence-corrected chi connectivity index (χ0v) is 21.3. The predicted molar refractivity (Wildman–Crippen MR) is 130 cm³/mol. The van der Waals surface area contributed by atoms with Crippen LogP contribution in [-0.2, 0) is 27.4 Å². The van der Waals surface area contributed by atoms with Gasteiger partial charge in [0.1, 0.15) is 0 Å². The Hall–Kier alpha value is -3.61. The molecule has 204 valence electrons. The summed E-state index contributed by atoms with van der Waals surface area (Å²) in [7, 11) is 0. The van der Waals surface area contributed by atoms with Crippen LogP contribution >= 0.6 is 0 Å². The number of halogens is 3. The van der Waals surface area contributed by atoms with Crippen LogP contribution in [0, 0.1) is 23.4 Å². The molecule has 10 nitrogen and oxygen atoms in total. The molecular formula is C25H29F3N6O4. The molecule has 1 unspecified atom stereocenters. The molecule has 1 N–H and O–H groups in total. The highest BCUT2D eigenvalue weighted by Crippen LogP contribution is 2.33. The number of hydrogen-bond donors (Lipinski definition) is 1. The van der Waals surface area contributed by atoms with Crippen molar-refractivity contribution >= 4 is 29.2 Å². The molecule has 13 heteroatoms. The van der Waals surface area contributed by atoms with Crippen molar-refractivity contribution in [3.63, 3.8) is 0 Å². The number of ether oxygens (including phenoxy) is 1. The van der Waals surface area contributed by atoms with Gasteiger partial charge in [0, 0.05) is 43.9 Å². The van der Waals surface area contributed by atoms with E-state index in [0.29, 0.717) is 43.1 Å². The third kappa shape index (κ3) is 4.82. The highest BCUT2D eigenvalue weighted by atomic mass is 19.2. The summed E-state index contributed by atoms with van der Waals surface area (Å²) in [5, 5.41) is 6.79. The molecular weight excluding hydrogens is 505 g/mol. The Balaban J connectivity index is 1.31. The molecule has 4 heterocycles. The molecule has 0 spiro atoms. The van der Waals surface area contributed by atoms with Gasteiger partial charge in [0.2, 0.25) is 11.8 Å². The van der Waals surface area contributed by atoms with E-state index in [9.17, 15) is 27.6 Å². The summed E-state index contributed by atoms with van der Waals surface area (Å²) in [5.41, 5.74) is 0.892. The highest BCUT2D eigenvalue weighted by Gasteiger charge is 2.41. The topological polar surface area (TPSA) is 100 Å². The number of urea groups is 1. The van der Waals surface area contributed by atoms with Gasteiger partial charge in [-0.2, -0.15) is 5.10 Å². The van der Waals surface area contributed by atoms with Crippen molar-refractivity contribution < 1.29 is 32.3 Å². The molecule has 4 atom stereocenters. The summed E-state index contributed by atoms with van der Waals surface area (Å²) < 4.78 is 47.9. The molecule has 3 aliphatic heterocycles. The number of hydrogen-bond acceptors (Lipinski definition) is 5. The minimum atomic E-state index is -1.62. The zero-order chi connectivity index (χ0) is 27.3. The molecule has 3 aliphatic rings. The Morgan fingerprint density at radius 2 is 1.68 bits per heavy atom. The highest BCUT2D eigenvalue weighted by molar-refractivity contribution is 6.00. The Bertz CT molecular complexity index is 1250. The lowest BCUT2D eigenvalue weighted by Gasteiger charge is -2.36. The number of rotatable bonds is 3. The molecule has 4 amide bonds. The molecule has 1 aromatic heterocycles. The van der Waals surface area contributed by atoms with Crippen LogP contribution < -0.4 is 10.2 Å². The minimum absolute atomic E-state index is 0.0649. The summed E-state index contributed by atoms with van der Waals surface area (Å²) in [6.07, 6.45) is 1.46. The van der Waals surface area contributed by atoms with Crippen LogP contribution in [0.15, 0.2) is 18.3 Å². The number of anilines is 2. The molecule has 0 radical (unpaired) electrons. The third-order valence-electron chi connectivity index (χ3n) is 7.21. The Morgan fingerprint density at radius 1 is 1.03 bits per heavy atom. The van der Waals surface area contributed by atoms with Crippen LogP contribution in [0.25, 0.3) is 0 Å². The normalized spacial score (nSPS) is 25.5. The van der Waals surface area contributed by atoms with Gasteiger partial charge in [-0.3, -0.25) is 14.3 Å². The van der Waals surface area contributed by atoms with Gasteiger partial charge >= 0.3 is 6.03 Å². The summed E-state index contributed by atoms with van der Waals surface area (Å²) in [6, 6.07) is 0.435. The molecule has 2 aromatic rings. The quantitative estimate of drug-likeness (QED) is 0.611. The van der Waals surface area contributed by atoms with Gasteiger partial charge in [-0.25, -0.2) is 18.0 Å². The van der Waals surface area contributed by atoms with Gasteiger partial charge in [0.15, 0.2) is 17.5 Å². The monoisotopic (exact) mass is 534 g/mol. The fraction of sp³-hybridized carbons (Fsp3) is 0.520. The number of nitrogens with zero attached hydrogens (tertiary/aromatic N) is 5. The van der Waals surface area contributed by atoms with Gasteiger partial charge in [0.25, 0.3) is 0 Å². The predicted octanol–water partition coefficient (Wildman–Crippen LogP) is 2.73. The van der Waals surface area contributed by atoms with Crippen molar-refractivity contribution in [1.29, 1.82) is 0 Å².